The second kappa shape index (κ2) is 8.12. The van der Waals surface area contributed by atoms with Crippen molar-refractivity contribution in [2.45, 2.75) is 25.9 Å². The number of para-hydroxylation sites is 2. The Bertz CT molecular complexity index is 1000. The van der Waals surface area contributed by atoms with Crippen molar-refractivity contribution < 1.29 is 31.9 Å². The molecule has 0 aliphatic rings. The van der Waals surface area contributed by atoms with Crippen LogP contribution in [0.2, 0.25) is 0 Å². The van der Waals surface area contributed by atoms with Gasteiger partial charge in [-0.1, -0.05) is 12.1 Å². The fourth-order valence-electron chi connectivity index (χ4n) is 2.40. The van der Waals surface area contributed by atoms with Gasteiger partial charge in [-0.25, -0.2) is 18.2 Å². The maximum Gasteiger partial charge on any atom is 0.307 e. The van der Waals surface area contributed by atoms with Gasteiger partial charge in [-0.05, 0) is 31.2 Å². The zero-order valence-electron chi connectivity index (χ0n) is 14.7. The number of oxazole rings is 1. The molecule has 0 spiro atoms. The van der Waals surface area contributed by atoms with Crippen molar-refractivity contribution in [3.05, 3.63) is 59.7 Å². The minimum atomic E-state index is -1.71. The van der Waals surface area contributed by atoms with Crippen LogP contribution in [-0.4, -0.2) is 23.0 Å². The summed E-state index contributed by atoms with van der Waals surface area (Å²) >= 11 is 0. The van der Waals surface area contributed by atoms with Gasteiger partial charge in [0.25, 0.3) is 5.91 Å². The summed E-state index contributed by atoms with van der Waals surface area (Å²) in [4.78, 5) is 28.1. The second-order valence-corrected chi connectivity index (χ2v) is 5.92. The molecule has 0 bridgehead atoms. The van der Waals surface area contributed by atoms with E-state index in [1.54, 1.807) is 24.3 Å². The maximum absolute atomic E-state index is 13.6. The van der Waals surface area contributed by atoms with Gasteiger partial charge in [-0.15, -0.1) is 0 Å². The third kappa shape index (κ3) is 4.30. The summed E-state index contributed by atoms with van der Waals surface area (Å²) in [5.41, 5.74) is 0.692. The van der Waals surface area contributed by atoms with Crippen LogP contribution in [0.1, 0.15) is 19.2 Å². The van der Waals surface area contributed by atoms with E-state index in [-0.39, 0.29) is 12.8 Å². The zero-order valence-corrected chi connectivity index (χ0v) is 14.7. The van der Waals surface area contributed by atoms with E-state index in [2.05, 4.69) is 4.98 Å². The Morgan fingerprint density at radius 3 is 2.64 bits per heavy atom. The normalized spacial score (nSPS) is 12.0. The largest absolute Gasteiger partial charge is 0.453 e. The van der Waals surface area contributed by atoms with Gasteiger partial charge in [0.15, 0.2) is 35.0 Å². The number of halogens is 3. The van der Waals surface area contributed by atoms with E-state index in [1.807, 2.05) is 5.32 Å². The van der Waals surface area contributed by atoms with Crippen LogP contribution in [0.4, 0.5) is 18.9 Å². The summed E-state index contributed by atoms with van der Waals surface area (Å²) in [6.07, 6.45) is -1.20. The summed E-state index contributed by atoms with van der Waals surface area (Å²) < 4.78 is 50.1. The lowest BCUT2D eigenvalue weighted by atomic mass is 10.2. The third-order valence-corrected chi connectivity index (χ3v) is 3.85. The number of esters is 1. The highest BCUT2D eigenvalue weighted by Crippen LogP contribution is 2.20. The highest BCUT2D eigenvalue weighted by Gasteiger charge is 2.21. The quantitative estimate of drug-likeness (QED) is 0.510. The molecule has 6 nitrogen and oxygen atoms in total. The molecule has 1 aromatic heterocycles. The van der Waals surface area contributed by atoms with Gasteiger partial charge in [0.1, 0.15) is 5.52 Å². The first-order valence-corrected chi connectivity index (χ1v) is 8.33. The Labute approximate surface area is 157 Å². The molecule has 3 aromatic rings. The van der Waals surface area contributed by atoms with Crippen LogP contribution in [-0.2, 0) is 20.7 Å². The number of nitrogens with zero attached hydrogens (tertiary/aromatic N) is 1. The van der Waals surface area contributed by atoms with E-state index in [0.717, 1.165) is 6.07 Å². The molecule has 0 fully saturated rings. The summed E-state index contributed by atoms with van der Waals surface area (Å²) in [6.45, 7) is 1.27. The van der Waals surface area contributed by atoms with E-state index in [1.165, 1.54) is 6.92 Å². The van der Waals surface area contributed by atoms with Crippen LogP contribution in [0.5, 0.6) is 0 Å². The summed E-state index contributed by atoms with van der Waals surface area (Å²) in [5.74, 6) is -5.87. The summed E-state index contributed by atoms with van der Waals surface area (Å²) in [6, 6.07) is 8.65. The molecule has 28 heavy (non-hydrogen) atoms. The number of carbonyl (C=O) groups excluding carboxylic acids is 2. The predicted molar refractivity (Wildman–Crippen MR) is 92.8 cm³/mol. The average molecular weight is 392 g/mol. The number of benzene rings is 2. The summed E-state index contributed by atoms with van der Waals surface area (Å²) in [7, 11) is 0. The van der Waals surface area contributed by atoms with Gasteiger partial charge in [0.05, 0.1) is 12.1 Å². The SMILES string of the molecule is C[C@@H](OC(=O)CCc1nc2ccccc2o1)C(=O)Nc1ccc(F)c(F)c1F. The fraction of sp³-hybridized carbons (Fsp3) is 0.211. The highest BCUT2D eigenvalue weighted by atomic mass is 19.2. The lowest BCUT2D eigenvalue weighted by Crippen LogP contribution is -2.30. The molecule has 9 heteroatoms. The number of hydrogen-bond donors (Lipinski definition) is 1. The molecule has 0 saturated heterocycles. The first kappa shape index (κ1) is 19.4. The molecular weight excluding hydrogens is 377 g/mol. The second-order valence-electron chi connectivity index (χ2n) is 5.92. The van der Waals surface area contributed by atoms with Crippen molar-refractivity contribution in [3.63, 3.8) is 0 Å². The number of rotatable bonds is 6. The number of ether oxygens (including phenoxy) is 1. The molecule has 0 unspecified atom stereocenters. The number of amides is 1. The Hall–Kier alpha value is -3.36. The molecule has 1 atom stereocenters. The predicted octanol–water partition coefficient (Wildman–Crippen LogP) is 3.75. The van der Waals surface area contributed by atoms with Gasteiger partial charge in [0.2, 0.25) is 0 Å². The number of carbonyl (C=O) groups is 2. The van der Waals surface area contributed by atoms with Crippen LogP contribution >= 0.6 is 0 Å². The molecule has 1 amide bonds. The molecule has 2 aromatic carbocycles. The molecule has 146 valence electrons. The van der Waals surface area contributed by atoms with Crippen LogP contribution in [0.25, 0.3) is 11.1 Å². The molecule has 0 aliphatic carbocycles. The average Bonchev–Trinajstić information content (AvgIpc) is 3.09. The Morgan fingerprint density at radius 1 is 1.14 bits per heavy atom. The number of fused-ring (bicyclic) bond motifs is 1. The standard InChI is InChI=1S/C19H15F3N2O4/c1-10(19(26)24-13-7-6-11(20)17(21)18(13)22)27-16(25)9-8-15-23-12-4-2-3-5-14(12)28-15/h2-7,10H,8-9H2,1H3,(H,24,26)/t10-/m1/s1. The van der Waals surface area contributed by atoms with E-state index >= 15 is 0 Å². The van der Waals surface area contributed by atoms with Crippen LogP contribution in [0.15, 0.2) is 40.8 Å². The first-order valence-electron chi connectivity index (χ1n) is 8.33. The monoisotopic (exact) mass is 392 g/mol. The number of aryl methyl sites for hydroxylation is 1. The van der Waals surface area contributed by atoms with Gasteiger partial charge in [-0.3, -0.25) is 9.59 Å². The van der Waals surface area contributed by atoms with Crippen LogP contribution in [0.3, 0.4) is 0 Å². The van der Waals surface area contributed by atoms with Crippen molar-refractivity contribution in [3.8, 4) is 0 Å². The summed E-state index contributed by atoms with van der Waals surface area (Å²) in [5, 5.41) is 2.05. The van der Waals surface area contributed by atoms with Crippen LogP contribution < -0.4 is 5.32 Å². The number of hydrogen-bond acceptors (Lipinski definition) is 5. The Balaban J connectivity index is 1.53. The van der Waals surface area contributed by atoms with Crippen LogP contribution in [0, 0.1) is 17.5 Å². The lowest BCUT2D eigenvalue weighted by Gasteiger charge is -2.14. The smallest absolute Gasteiger partial charge is 0.307 e. The zero-order chi connectivity index (χ0) is 20.3. The lowest BCUT2D eigenvalue weighted by molar-refractivity contribution is -0.153. The first-order chi connectivity index (χ1) is 13.3. The minimum absolute atomic E-state index is 0.0933. The number of nitrogens with one attached hydrogen (secondary N) is 1. The Morgan fingerprint density at radius 2 is 1.89 bits per heavy atom. The molecule has 0 aliphatic heterocycles. The van der Waals surface area contributed by atoms with Gasteiger partial charge < -0.3 is 14.5 Å². The fourth-order valence-corrected chi connectivity index (χ4v) is 2.40. The molecule has 0 radical (unpaired) electrons. The number of aromatic nitrogens is 1. The molecule has 3 rings (SSSR count). The maximum atomic E-state index is 13.6. The van der Waals surface area contributed by atoms with Crippen molar-refractivity contribution >= 4 is 28.7 Å². The van der Waals surface area contributed by atoms with Crippen molar-refractivity contribution in [2.75, 3.05) is 5.32 Å². The van der Waals surface area contributed by atoms with E-state index < -0.39 is 41.1 Å². The van der Waals surface area contributed by atoms with E-state index in [0.29, 0.717) is 23.1 Å². The molecule has 0 saturated carbocycles. The highest BCUT2D eigenvalue weighted by molar-refractivity contribution is 5.95. The third-order valence-electron chi connectivity index (χ3n) is 3.85. The Kier molecular flexibility index (Phi) is 5.62. The van der Waals surface area contributed by atoms with Gasteiger partial charge in [0, 0.05) is 6.42 Å². The van der Waals surface area contributed by atoms with E-state index in [9.17, 15) is 22.8 Å². The van der Waals surface area contributed by atoms with Gasteiger partial charge in [-0.2, -0.15) is 0 Å². The van der Waals surface area contributed by atoms with Crippen molar-refractivity contribution in [2.24, 2.45) is 0 Å². The molecular formula is C19H15F3N2O4. The number of anilines is 1. The van der Waals surface area contributed by atoms with Crippen molar-refractivity contribution in [1.82, 2.24) is 4.98 Å². The van der Waals surface area contributed by atoms with Crippen molar-refractivity contribution in [1.29, 1.82) is 0 Å². The minimum Gasteiger partial charge on any atom is -0.453 e. The van der Waals surface area contributed by atoms with E-state index in [4.69, 9.17) is 9.15 Å². The molecule has 1 heterocycles. The topological polar surface area (TPSA) is 81.4 Å². The van der Waals surface area contributed by atoms with Gasteiger partial charge >= 0.3 is 5.97 Å². The molecule has 1 N–H and O–H groups in total.